The Bertz CT molecular complexity index is 716. The smallest absolute Gasteiger partial charge is 0.200 e. The van der Waals surface area contributed by atoms with Crippen LogP contribution < -0.4 is 18.9 Å². The minimum atomic E-state index is -0.278. The van der Waals surface area contributed by atoms with Gasteiger partial charge in [-0.15, -0.1) is 0 Å². The van der Waals surface area contributed by atoms with E-state index in [4.69, 9.17) is 18.9 Å². The molecule has 0 spiro atoms. The number of phenolic OH excluding ortho intramolecular Hbond substituents is 2. The minimum absolute atomic E-state index is 0.0914. The summed E-state index contributed by atoms with van der Waals surface area (Å²) < 4.78 is 20.8. The standard InChI is InChI=1S/C22H30O8/c1-27-17-7-13(8-18(28-2)21(17)25)5-15(11-23)16(12-24)6-14-9-19(29-3)22(26)20(10-14)30-4/h7-10,15-16,23-26H,5-6,11-12H2,1-4H3. The molecule has 0 aromatic heterocycles. The average molecular weight is 422 g/mol. The topological polar surface area (TPSA) is 118 Å². The van der Waals surface area contributed by atoms with E-state index in [-0.39, 0.29) is 59.5 Å². The summed E-state index contributed by atoms with van der Waals surface area (Å²) in [5, 5.41) is 40.2. The molecule has 2 rings (SSSR count). The van der Waals surface area contributed by atoms with Gasteiger partial charge < -0.3 is 39.4 Å². The minimum Gasteiger partial charge on any atom is -0.502 e. The van der Waals surface area contributed by atoms with Crippen molar-refractivity contribution in [1.82, 2.24) is 0 Å². The molecule has 8 nitrogen and oxygen atoms in total. The van der Waals surface area contributed by atoms with Crippen molar-refractivity contribution in [1.29, 1.82) is 0 Å². The normalized spacial score (nSPS) is 12.9. The molecule has 0 amide bonds. The summed E-state index contributed by atoms with van der Waals surface area (Å²) in [4.78, 5) is 0. The maximum Gasteiger partial charge on any atom is 0.200 e. The average Bonchev–Trinajstić information content (AvgIpc) is 2.77. The molecule has 30 heavy (non-hydrogen) atoms. The van der Waals surface area contributed by atoms with Gasteiger partial charge >= 0.3 is 0 Å². The Morgan fingerprint density at radius 1 is 0.600 bits per heavy atom. The summed E-state index contributed by atoms with van der Waals surface area (Å²) in [6.07, 6.45) is 0.863. The first kappa shape index (κ1) is 23.4. The van der Waals surface area contributed by atoms with E-state index in [1.54, 1.807) is 24.3 Å². The Morgan fingerprint density at radius 3 is 1.07 bits per heavy atom. The molecule has 2 aromatic carbocycles. The first-order chi connectivity index (χ1) is 14.4. The highest BCUT2D eigenvalue weighted by Crippen LogP contribution is 2.40. The van der Waals surface area contributed by atoms with Crippen molar-refractivity contribution in [3.8, 4) is 34.5 Å². The summed E-state index contributed by atoms with van der Waals surface area (Å²) in [6.45, 7) is -0.299. The van der Waals surface area contributed by atoms with Gasteiger partial charge in [0.25, 0.3) is 0 Å². The lowest BCUT2D eigenvalue weighted by atomic mass is 9.83. The lowest BCUT2D eigenvalue weighted by molar-refractivity contribution is 0.119. The highest BCUT2D eigenvalue weighted by Gasteiger charge is 2.24. The zero-order valence-electron chi connectivity index (χ0n) is 17.7. The van der Waals surface area contributed by atoms with Crippen LogP contribution in [0.2, 0.25) is 0 Å². The molecule has 166 valence electrons. The van der Waals surface area contributed by atoms with Crippen molar-refractivity contribution in [2.75, 3.05) is 41.7 Å². The van der Waals surface area contributed by atoms with Crippen molar-refractivity contribution >= 4 is 0 Å². The van der Waals surface area contributed by atoms with Crippen molar-refractivity contribution in [3.63, 3.8) is 0 Å². The molecule has 0 aliphatic heterocycles. The highest BCUT2D eigenvalue weighted by atomic mass is 16.5. The van der Waals surface area contributed by atoms with Crippen LogP contribution in [0.15, 0.2) is 24.3 Å². The number of ether oxygens (including phenoxy) is 4. The molecule has 0 aliphatic rings. The molecule has 0 saturated heterocycles. The molecule has 0 radical (unpaired) electrons. The number of aromatic hydroxyl groups is 2. The second-order valence-corrected chi connectivity index (χ2v) is 6.99. The Labute approximate surface area is 176 Å². The number of aliphatic hydroxyl groups is 2. The summed E-state index contributed by atoms with van der Waals surface area (Å²) in [6, 6.07) is 6.73. The molecule has 4 N–H and O–H groups in total. The van der Waals surface area contributed by atoms with Crippen LogP contribution in [0, 0.1) is 11.8 Å². The Morgan fingerprint density at radius 2 is 0.867 bits per heavy atom. The van der Waals surface area contributed by atoms with Crippen molar-refractivity contribution in [2.24, 2.45) is 11.8 Å². The fourth-order valence-corrected chi connectivity index (χ4v) is 3.50. The second-order valence-electron chi connectivity index (χ2n) is 6.99. The Hall–Kier alpha value is -2.84. The number of rotatable bonds is 11. The predicted molar refractivity (Wildman–Crippen MR) is 111 cm³/mol. The summed E-state index contributed by atoms with van der Waals surface area (Å²) in [7, 11) is 5.79. The van der Waals surface area contributed by atoms with Crippen LogP contribution in [0.5, 0.6) is 34.5 Å². The summed E-state index contributed by atoms with van der Waals surface area (Å²) >= 11 is 0. The van der Waals surface area contributed by atoms with E-state index in [0.29, 0.717) is 12.8 Å². The van der Waals surface area contributed by atoms with E-state index in [0.717, 1.165) is 11.1 Å². The fourth-order valence-electron chi connectivity index (χ4n) is 3.50. The third kappa shape index (κ3) is 5.20. The van der Waals surface area contributed by atoms with Crippen LogP contribution in [0.25, 0.3) is 0 Å². The van der Waals surface area contributed by atoms with Gasteiger partial charge in [0, 0.05) is 13.2 Å². The zero-order valence-corrected chi connectivity index (χ0v) is 17.7. The van der Waals surface area contributed by atoms with E-state index in [1.165, 1.54) is 28.4 Å². The lowest BCUT2D eigenvalue weighted by Crippen LogP contribution is -2.26. The van der Waals surface area contributed by atoms with E-state index in [2.05, 4.69) is 0 Å². The van der Waals surface area contributed by atoms with E-state index >= 15 is 0 Å². The van der Waals surface area contributed by atoms with Gasteiger partial charge in [-0.3, -0.25) is 0 Å². The predicted octanol–water partition coefficient (Wildman–Crippen LogP) is 2.13. The van der Waals surface area contributed by atoms with Gasteiger partial charge in [0.15, 0.2) is 23.0 Å². The molecule has 0 heterocycles. The monoisotopic (exact) mass is 422 g/mol. The van der Waals surface area contributed by atoms with Crippen molar-refractivity contribution in [2.45, 2.75) is 12.8 Å². The number of hydrogen-bond donors (Lipinski definition) is 4. The van der Waals surface area contributed by atoms with Gasteiger partial charge in [-0.1, -0.05) is 0 Å². The van der Waals surface area contributed by atoms with Gasteiger partial charge in [-0.25, -0.2) is 0 Å². The van der Waals surface area contributed by atoms with Crippen molar-refractivity contribution < 1.29 is 39.4 Å². The number of aliphatic hydroxyl groups excluding tert-OH is 2. The van der Waals surface area contributed by atoms with Crippen LogP contribution >= 0.6 is 0 Å². The molecule has 2 atom stereocenters. The van der Waals surface area contributed by atoms with Gasteiger partial charge in [0.2, 0.25) is 11.5 Å². The van der Waals surface area contributed by atoms with E-state index in [9.17, 15) is 20.4 Å². The lowest BCUT2D eigenvalue weighted by Gasteiger charge is -2.25. The van der Waals surface area contributed by atoms with E-state index in [1.807, 2.05) is 0 Å². The third-order valence-corrected chi connectivity index (χ3v) is 5.21. The number of methoxy groups -OCH3 is 4. The van der Waals surface area contributed by atoms with Gasteiger partial charge in [0.05, 0.1) is 28.4 Å². The Balaban J connectivity index is 2.29. The molecule has 0 fully saturated rings. The Kier molecular flexibility index (Phi) is 8.44. The quantitative estimate of drug-likeness (QED) is 0.435. The molecule has 2 aromatic rings. The summed E-state index contributed by atoms with van der Waals surface area (Å²) in [5.41, 5.74) is 1.58. The van der Waals surface area contributed by atoms with Crippen molar-refractivity contribution in [3.05, 3.63) is 35.4 Å². The molecule has 0 saturated carbocycles. The maximum absolute atomic E-state index is 10.1. The van der Waals surface area contributed by atoms with Gasteiger partial charge in [-0.2, -0.15) is 0 Å². The number of benzene rings is 2. The van der Waals surface area contributed by atoms with Crippen LogP contribution in [-0.4, -0.2) is 62.1 Å². The third-order valence-electron chi connectivity index (χ3n) is 5.21. The molecular formula is C22H30O8. The van der Waals surface area contributed by atoms with Gasteiger partial charge in [0.1, 0.15) is 0 Å². The number of phenols is 2. The fraction of sp³-hybridized carbons (Fsp3) is 0.455. The molecule has 8 heteroatoms. The largest absolute Gasteiger partial charge is 0.502 e. The van der Waals surface area contributed by atoms with Crippen LogP contribution in [-0.2, 0) is 12.8 Å². The number of hydrogen-bond acceptors (Lipinski definition) is 8. The first-order valence-corrected chi connectivity index (χ1v) is 9.51. The SMILES string of the molecule is COc1cc(CC(CO)C(CO)Cc2cc(OC)c(O)c(OC)c2)cc(OC)c1O. The van der Waals surface area contributed by atoms with Crippen LogP contribution in [0.3, 0.4) is 0 Å². The maximum atomic E-state index is 10.1. The molecule has 0 bridgehead atoms. The second kappa shape index (κ2) is 10.8. The van der Waals surface area contributed by atoms with Crippen LogP contribution in [0.4, 0.5) is 0 Å². The zero-order chi connectivity index (χ0) is 22.3. The van der Waals surface area contributed by atoms with E-state index < -0.39 is 0 Å². The van der Waals surface area contributed by atoms with Gasteiger partial charge in [-0.05, 0) is 60.1 Å². The molecular weight excluding hydrogens is 392 g/mol. The summed E-state index contributed by atoms with van der Waals surface area (Å²) in [5.74, 6) is 0.352. The molecule has 2 unspecified atom stereocenters. The first-order valence-electron chi connectivity index (χ1n) is 9.51. The highest BCUT2D eigenvalue weighted by molar-refractivity contribution is 5.53. The molecule has 0 aliphatic carbocycles. The van der Waals surface area contributed by atoms with Crippen LogP contribution in [0.1, 0.15) is 11.1 Å².